The fourth-order valence-corrected chi connectivity index (χ4v) is 4.51. The zero-order valence-electron chi connectivity index (χ0n) is 14.1. The third-order valence-electron chi connectivity index (χ3n) is 5.97. The summed E-state index contributed by atoms with van der Waals surface area (Å²) < 4.78 is 11.4. The number of hydrogen-bond acceptors (Lipinski definition) is 4. The van der Waals surface area contributed by atoms with Crippen LogP contribution in [0.3, 0.4) is 0 Å². The minimum Gasteiger partial charge on any atom is -0.381 e. The summed E-state index contributed by atoms with van der Waals surface area (Å²) in [5, 5.41) is 0. The van der Waals surface area contributed by atoms with Crippen LogP contribution in [0.4, 0.5) is 0 Å². The van der Waals surface area contributed by atoms with Gasteiger partial charge >= 0.3 is 0 Å². The molecule has 2 saturated carbocycles. The van der Waals surface area contributed by atoms with E-state index in [1.807, 2.05) is 0 Å². The van der Waals surface area contributed by atoms with Gasteiger partial charge in [-0.05, 0) is 38.0 Å². The van der Waals surface area contributed by atoms with E-state index in [1.165, 1.54) is 25.7 Å². The van der Waals surface area contributed by atoms with Crippen LogP contribution < -0.4 is 0 Å². The minimum atomic E-state index is 0.291. The Bertz CT molecular complexity index is 418. The SMILES string of the molecule is O=C(CN(C[C@@H]1CCOC1)C1CC1)N1CCO[C@@H]2CCCC[C@@H]21. The standard InChI is InChI=1S/C18H30N2O3/c21-18(20-8-10-23-17-4-2-1-3-16(17)20)12-19(15-5-6-15)11-14-7-9-22-13-14/h14-17H,1-13H2/t14-,16-,17+/m0/s1. The monoisotopic (exact) mass is 322 g/mol. The lowest BCUT2D eigenvalue weighted by Crippen LogP contribution is -2.57. The number of fused-ring (bicyclic) bond motifs is 1. The van der Waals surface area contributed by atoms with E-state index in [0.717, 1.165) is 45.6 Å². The molecule has 3 atom stereocenters. The Morgan fingerprint density at radius 2 is 1.96 bits per heavy atom. The number of carbonyl (C=O) groups is 1. The fourth-order valence-electron chi connectivity index (χ4n) is 4.51. The molecule has 23 heavy (non-hydrogen) atoms. The predicted molar refractivity (Wildman–Crippen MR) is 87.2 cm³/mol. The van der Waals surface area contributed by atoms with Gasteiger partial charge in [-0.25, -0.2) is 0 Å². The lowest BCUT2D eigenvalue weighted by molar-refractivity contribution is -0.151. The van der Waals surface area contributed by atoms with Crippen molar-refractivity contribution in [1.82, 2.24) is 9.80 Å². The molecular formula is C18H30N2O3. The molecule has 4 aliphatic rings. The summed E-state index contributed by atoms with van der Waals surface area (Å²) in [6.07, 6.45) is 8.69. The first-order chi connectivity index (χ1) is 11.3. The lowest BCUT2D eigenvalue weighted by atomic mass is 9.90. The van der Waals surface area contributed by atoms with Crippen molar-refractivity contribution in [3.05, 3.63) is 0 Å². The van der Waals surface area contributed by atoms with Gasteiger partial charge in [-0.15, -0.1) is 0 Å². The molecule has 4 rings (SSSR count). The quantitative estimate of drug-likeness (QED) is 0.772. The van der Waals surface area contributed by atoms with Crippen LogP contribution in [0.1, 0.15) is 44.9 Å². The fraction of sp³-hybridized carbons (Fsp3) is 0.944. The third-order valence-corrected chi connectivity index (χ3v) is 5.97. The highest BCUT2D eigenvalue weighted by Crippen LogP contribution is 2.31. The summed E-state index contributed by atoms with van der Waals surface area (Å²) in [5.41, 5.74) is 0. The molecule has 0 aromatic rings. The molecule has 0 aromatic carbocycles. The molecule has 0 unspecified atom stereocenters. The van der Waals surface area contributed by atoms with E-state index >= 15 is 0 Å². The van der Waals surface area contributed by atoms with Gasteiger partial charge in [-0.1, -0.05) is 12.8 Å². The highest BCUT2D eigenvalue weighted by atomic mass is 16.5. The van der Waals surface area contributed by atoms with Crippen LogP contribution in [0, 0.1) is 5.92 Å². The number of morpholine rings is 1. The van der Waals surface area contributed by atoms with Gasteiger partial charge in [0.05, 0.1) is 31.9 Å². The van der Waals surface area contributed by atoms with Crippen LogP contribution >= 0.6 is 0 Å². The Kier molecular flexibility index (Phi) is 4.88. The Hall–Kier alpha value is -0.650. The largest absolute Gasteiger partial charge is 0.381 e. The highest BCUT2D eigenvalue weighted by Gasteiger charge is 2.39. The van der Waals surface area contributed by atoms with Gasteiger partial charge in [0.25, 0.3) is 0 Å². The maximum absolute atomic E-state index is 13.0. The van der Waals surface area contributed by atoms with Crippen LogP contribution in [0.15, 0.2) is 0 Å². The van der Waals surface area contributed by atoms with Crippen molar-refractivity contribution in [1.29, 1.82) is 0 Å². The Balaban J connectivity index is 1.36. The van der Waals surface area contributed by atoms with E-state index in [0.29, 0.717) is 43.2 Å². The average Bonchev–Trinajstić information content (AvgIpc) is 3.31. The second kappa shape index (κ2) is 7.08. The molecular weight excluding hydrogens is 292 g/mol. The Morgan fingerprint density at radius 3 is 2.74 bits per heavy atom. The van der Waals surface area contributed by atoms with Gasteiger partial charge in [0.15, 0.2) is 0 Å². The molecule has 0 bridgehead atoms. The number of nitrogens with zero attached hydrogens (tertiary/aromatic N) is 2. The van der Waals surface area contributed by atoms with Crippen molar-refractivity contribution in [2.24, 2.45) is 5.92 Å². The molecule has 0 N–H and O–H groups in total. The molecule has 2 saturated heterocycles. The number of rotatable bonds is 5. The normalized spacial score (nSPS) is 34.7. The predicted octanol–water partition coefficient (Wildman–Crippen LogP) is 1.66. The van der Waals surface area contributed by atoms with Gasteiger partial charge in [0.2, 0.25) is 5.91 Å². The molecule has 2 aliphatic carbocycles. The number of carbonyl (C=O) groups excluding carboxylic acids is 1. The average molecular weight is 322 g/mol. The smallest absolute Gasteiger partial charge is 0.237 e. The van der Waals surface area contributed by atoms with Crippen molar-refractivity contribution >= 4 is 5.91 Å². The van der Waals surface area contributed by atoms with Crippen molar-refractivity contribution in [3.63, 3.8) is 0 Å². The van der Waals surface area contributed by atoms with Crippen molar-refractivity contribution in [2.45, 2.75) is 63.1 Å². The van der Waals surface area contributed by atoms with Crippen LogP contribution in [-0.2, 0) is 14.3 Å². The molecule has 130 valence electrons. The van der Waals surface area contributed by atoms with E-state index in [9.17, 15) is 4.79 Å². The van der Waals surface area contributed by atoms with E-state index < -0.39 is 0 Å². The zero-order valence-corrected chi connectivity index (χ0v) is 14.1. The number of amides is 1. The maximum atomic E-state index is 13.0. The summed E-state index contributed by atoms with van der Waals surface area (Å²) in [6, 6.07) is 0.976. The highest BCUT2D eigenvalue weighted by molar-refractivity contribution is 5.79. The summed E-state index contributed by atoms with van der Waals surface area (Å²) in [7, 11) is 0. The van der Waals surface area contributed by atoms with Crippen molar-refractivity contribution < 1.29 is 14.3 Å². The molecule has 0 spiro atoms. The van der Waals surface area contributed by atoms with E-state index in [2.05, 4.69) is 9.80 Å². The van der Waals surface area contributed by atoms with Crippen molar-refractivity contribution in [3.8, 4) is 0 Å². The first kappa shape index (κ1) is 15.9. The third kappa shape index (κ3) is 3.72. The lowest BCUT2D eigenvalue weighted by Gasteiger charge is -2.44. The maximum Gasteiger partial charge on any atom is 0.237 e. The summed E-state index contributed by atoms with van der Waals surface area (Å²) in [6.45, 7) is 4.90. The van der Waals surface area contributed by atoms with E-state index in [4.69, 9.17) is 9.47 Å². The Morgan fingerprint density at radius 1 is 1.09 bits per heavy atom. The van der Waals surface area contributed by atoms with E-state index in [-0.39, 0.29) is 0 Å². The number of ether oxygens (including phenoxy) is 2. The van der Waals surface area contributed by atoms with Crippen LogP contribution in [-0.4, -0.2) is 73.3 Å². The second-order valence-electron chi connectivity index (χ2n) is 7.74. The molecule has 2 heterocycles. The second-order valence-corrected chi connectivity index (χ2v) is 7.74. The molecule has 5 nitrogen and oxygen atoms in total. The topological polar surface area (TPSA) is 42.0 Å². The summed E-state index contributed by atoms with van der Waals surface area (Å²) >= 11 is 0. The molecule has 5 heteroatoms. The van der Waals surface area contributed by atoms with Crippen LogP contribution in [0.25, 0.3) is 0 Å². The van der Waals surface area contributed by atoms with Gasteiger partial charge in [-0.3, -0.25) is 9.69 Å². The number of hydrogen-bond donors (Lipinski definition) is 0. The molecule has 0 aromatic heterocycles. The zero-order chi connectivity index (χ0) is 15.6. The molecule has 4 fully saturated rings. The Labute approximate surface area is 139 Å². The van der Waals surface area contributed by atoms with E-state index in [1.54, 1.807) is 0 Å². The molecule has 2 aliphatic heterocycles. The first-order valence-electron chi connectivity index (χ1n) is 9.54. The van der Waals surface area contributed by atoms with Crippen molar-refractivity contribution in [2.75, 3.05) is 39.5 Å². The summed E-state index contributed by atoms with van der Waals surface area (Å²) in [4.78, 5) is 17.6. The summed E-state index contributed by atoms with van der Waals surface area (Å²) in [5.74, 6) is 0.950. The van der Waals surface area contributed by atoms with Gasteiger partial charge in [0.1, 0.15) is 0 Å². The van der Waals surface area contributed by atoms with Crippen LogP contribution in [0.2, 0.25) is 0 Å². The van der Waals surface area contributed by atoms with Gasteiger partial charge < -0.3 is 14.4 Å². The first-order valence-corrected chi connectivity index (χ1v) is 9.54. The molecule has 1 amide bonds. The van der Waals surface area contributed by atoms with Crippen LogP contribution in [0.5, 0.6) is 0 Å². The van der Waals surface area contributed by atoms with Gasteiger partial charge in [0, 0.05) is 25.7 Å². The minimum absolute atomic E-state index is 0.291. The van der Waals surface area contributed by atoms with Gasteiger partial charge in [-0.2, -0.15) is 0 Å². The molecule has 0 radical (unpaired) electrons.